The SMILES string of the molecule is C[C@H]1OC(=O)[C@]23CC[C@H]4[C@@H](CC=C5C[C@@H](O)CC[C@@]54C)C2=CC(=O)[C@H]13. The molecule has 3 fully saturated rings. The van der Waals surface area contributed by atoms with Crippen LogP contribution in [0.1, 0.15) is 52.4 Å². The van der Waals surface area contributed by atoms with Crippen LogP contribution in [0.5, 0.6) is 0 Å². The number of ether oxygens (including phenoxy) is 1. The molecule has 4 heteroatoms. The summed E-state index contributed by atoms with van der Waals surface area (Å²) in [7, 11) is 0. The van der Waals surface area contributed by atoms with Crippen molar-refractivity contribution >= 4 is 11.8 Å². The average molecular weight is 342 g/mol. The number of carbonyl (C=O) groups excluding carboxylic acids is 2. The lowest BCUT2D eigenvalue weighted by atomic mass is 9.48. The predicted octanol–water partition coefficient (Wildman–Crippen LogP) is 2.95. The van der Waals surface area contributed by atoms with Crippen molar-refractivity contribution in [2.24, 2.45) is 28.6 Å². The van der Waals surface area contributed by atoms with E-state index >= 15 is 0 Å². The highest BCUT2D eigenvalue weighted by molar-refractivity contribution is 6.05. The quantitative estimate of drug-likeness (QED) is 0.543. The topological polar surface area (TPSA) is 63.6 Å². The molecule has 0 radical (unpaired) electrons. The molecule has 1 saturated heterocycles. The summed E-state index contributed by atoms with van der Waals surface area (Å²) in [4.78, 5) is 25.5. The van der Waals surface area contributed by atoms with Gasteiger partial charge in [0.2, 0.25) is 0 Å². The number of aliphatic hydroxyl groups excluding tert-OH is 1. The van der Waals surface area contributed by atoms with Gasteiger partial charge in [0.1, 0.15) is 11.5 Å². The zero-order valence-electron chi connectivity index (χ0n) is 15.0. The minimum atomic E-state index is -0.673. The minimum absolute atomic E-state index is 0.0907. The number of cyclic esters (lactones) is 1. The lowest BCUT2D eigenvalue weighted by Crippen LogP contribution is -2.50. The van der Waals surface area contributed by atoms with Gasteiger partial charge in [-0.1, -0.05) is 18.6 Å². The molecule has 1 aliphatic heterocycles. The van der Waals surface area contributed by atoms with Crippen molar-refractivity contribution in [3.8, 4) is 0 Å². The molecule has 5 rings (SSSR count). The fraction of sp³-hybridized carbons (Fsp3) is 0.714. The fourth-order valence-corrected chi connectivity index (χ4v) is 6.93. The molecule has 5 aliphatic rings. The van der Waals surface area contributed by atoms with Crippen molar-refractivity contribution in [3.63, 3.8) is 0 Å². The van der Waals surface area contributed by atoms with Crippen LogP contribution in [0.4, 0.5) is 0 Å². The van der Waals surface area contributed by atoms with E-state index in [9.17, 15) is 14.7 Å². The van der Waals surface area contributed by atoms with Crippen LogP contribution in [0.2, 0.25) is 0 Å². The Morgan fingerprint density at radius 2 is 2.04 bits per heavy atom. The van der Waals surface area contributed by atoms with Gasteiger partial charge in [0.25, 0.3) is 0 Å². The highest BCUT2D eigenvalue weighted by Crippen LogP contribution is 2.66. The van der Waals surface area contributed by atoms with Crippen molar-refractivity contribution < 1.29 is 19.4 Å². The fourth-order valence-electron chi connectivity index (χ4n) is 6.93. The van der Waals surface area contributed by atoms with Crippen molar-refractivity contribution in [3.05, 3.63) is 23.3 Å². The summed E-state index contributed by atoms with van der Waals surface area (Å²) in [6.45, 7) is 4.20. The lowest BCUT2D eigenvalue weighted by Gasteiger charge is -2.55. The molecule has 1 heterocycles. The monoisotopic (exact) mass is 342 g/mol. The normalized spacial score (nSPS) is 50.9. The van der Waals surface area contributed by atoms with Gasteiger partial charge in [-0.25, -0.2) is 0 Å². The summed E-state index contributed by atoms with van der Waals surface area (Å²) in [5.74, 6) is 0.353. The number of hydrogen-bond acceptors (Lipinski definition) is 4. The van der Waals surface area contributed by atoms with Gasteiger partial charge in [0, 0.05) is 0 Å². The Labute approximate surface area is 148 Å². The molecule has 0 bridgehead atoms. The number of hydrogen-bond donors (Lipinski definition) is 1. The number of aliphatic hydroxyl groups is 1. The second-order valence-electron chi connectivity index (χ2n) is 9.09. The molecule has 2 saturated carbocycles. The van der Waals surface area contributed by atoms with Gasteiger partial charge < -0.3 is 9.84 Å². The Kier molecular flexibility index (Phi) is 3.06. The Bertz CT molecular complexity index is 734. The van der Waals surface area contributed by atoms with E-state index in [4.69, 9.17) is 4.74 Å². The van der Waals surface area contributed by atoms with E-state index in [-0.39, 0.29) is 41.2 Å². The van der Waals surface area contributed by atoms with E-state index in [0.717, 1.165) is 44.1 Å². The molecular weight excluding hydrogens is 316 g/mol. The van der Waals surface area contributed by atoms with Gasteiger partial charge in [-0.05, 0) is 74.3 Å². The molecule has 1 spiro atoms. The highest BCUT2D eigenvalue weighted by Gasteiger charge is 2.68. The number of carbonyl (C=O) groups is 2. The maximum atomic E-state index is 12.8. The number of rotatable bonds is 0. The van der Waals surface area contributed by atoms with Crippen LogP contribution in [0.25, 0.3) is 0 Å². The number of fused-ring (bicyclic) bond motifs is 4. The van der Waals surface area contributed by atoms with Crippen LogP contribution in [-0.2, 0) is 14.3 Å². The number of allylic oxidation sites excluding steroid dienone is 2. The first kappa shape index (κ1) is 15.8. The van der Waals surface area contributed by atoms with Crippen molar-refractivity contribution in [2.75, 3.05) is 0 Å². The third kappa shape index (κ3) is 1.77. The standard InChI is InChI=1S/C21H26O4/c1-11-18-17(23)10-16-14-4-3-12-9-13(22)5-7-20(12,2)15(14)6-8-21(16,18)19(24)25-11/h3,10-11,13-15,18,22H,4-9H2,1-2H3/t11-,13+,14-,15+,18+,20+,21-/m1/s1. The highest BCUT2D eigenvalue weighted by atomic mass is 16.6. The first-order valence-corrected chi connectivity index (χ1v) is 9.72. The number of esters is 1. The van der Waals surface area contributed by atoms with Gasteiger partial charge in [-0.2, -0.15) is 0 Å². The smallest absolute Gasteiger partial charge is 0.317 e. The van der Waals surface area contributed by atoms with Gasteiger partial charge in [0.15, 0.2) is 5.78 Å². The second-order valence-corrected chi connectivity index (χ2v) is 9.09. The summed E-state index contributed by atoms with van der Waals surface area (Å²) >= 11 is 0. The largest absolute Gasteiger partial charge is 0.461 e. The summed E-state index contributed by atoms with van der Waals surface area (Å²) in [5.41, 5.74) is 1.89. The van der Waals surface area contributed by atoms with E-state index in [0.29, 0.717) is 5.92 Å². The third-order valence-corrected chi connectivity index (χ3v) is 8.13. The minimum Gasteiger partial charge on any atom is -0.461 e. The van der Waals surface area contributed by atoms with Crippen molar-refractivity contribution in [1.29, 1.82) is 0 Å². The third-order valence-electron chi connectivity index (χ3n) is 8.13. The molecule has 4 nitrogen and oxygen atoms in total. The van der Waals surface area contributed by atoms with Crippen LogP contribution >= 0.6 is 0 Å². The molecule has 25 heavy (non-hydrogen) atoms. The van der Waals surface area contributed by atoms with E-state index in [2.05, 4.69) is 13.0 Å². The molecule has 7 atom stereocenters. The van der Waals surface area contributed by atoms with Crippen molar-refractivity contribution in [2.45, 2.75) is 64.6 Å². The molecule has 0 amide bonds. The first-order valence-electron chi connectivity index (χ1n) is 9.72. The van der Waals surface area contributed by atoms with Gasteiger partial charge in [-0.3, -0.25) is 9.59 Å². The number of ketones is 1. The molecule has 1 N–H and O–H groups in total. The van der Waals surface area contributed by atoms with Gasteiger partial charge in [0.05, 0.1) is 12.0 Å². The lowest BCUT2D eigenvalue weighted by molar-refractivity contribution is -0.148. The molecule has 0 unspecified atom stereocenters. The molecule has 0 aromatic rings. The summed E-state index contributed by atoms with van der Waals surface area (Å²) < 4.78 is 5.54. The van der Waals surface area contributed by atoms with E-state index in [1.54, 1.807) is 6.08 Å². The van der Waals surface area contributed by atoms with Crippen LogP contribution < -0.4 is 0 Å². The maximum absolute atomic E-state index is 12.8. The summed E-state index contributed by atoms with van der Waals surface area (Å²) in [5, 5.41) is 10.1. The zero-order chi connectivity index (χ0) is 17.6. The van der Waals surface area contributed by atoms with Crippen LogP contribution in [0.3, 0.4) is 0 Å². The van der Waals surface area contributed by atoms with E-state index < -0.39 is 5.41 Å². The van der Waals surface area contributed by atoms with Gasteiger partial charge in [-0.15, -0.1) is 0 Å². The first-order chi connectivity index (χ1) is 11.9. The Hall–Kier alpha value is -1.42. The molecule has 0 aromatic heterocycles. The van der Waals surface area contributed by atoms with Crippen LogP contribution in [0.15, 0.2) is 23.3 Å². The van der Waals surface area contributed by atoms with Crippen LogP contribution in [-0.4, -0.2) is 29.1 Å². The average Bonchev–Trinajstić information content (AvgIpc) is 3.01. The Morgan fingerprint density at radius 3 is 2.84 bits per heavy atom. The van der Waals surface area contributed by atoms with Crippen LogP contribution in [0, 0.1) is 28.6 Å². The second kappa shape index (κ2) is 4.85. The van der Waals surface area contributed by atoms with Crippen molar-refractivity contribution in [1.82, 2.24) is 0 Å². The molecule has 134 valence electrons. The Balaban J connectivity index is 1.58. The summed E-state index contributed by atoms with van der Waals surface area (Å²) in [6.07, 6.45) is 8.81. The predicted molar refractivity (Wildman–Crippen MR) is 91.4 cm³/mol. The maximum Gasteiger partial charge on any atom is 0.317 e. The zero-order valence-corrected chi connectivity index (χ0v) is 15.0. The van der Waals surface area contributed by atoms with E-state index in [1.165, 1.54) is 5.57 Å². The van der Waals surface area contributed by atoms with E-state index in [1.807, 2.05) is 6.92 Å². The molecular formula is C21H26O4. The summed E-state index contributed by atoms with van der Waals surface area (Å²) in [6, 6.07) is 0. The molecule has 4 aliphatic carbocycles. The van der Waals surface area contributed by atoms with Gasteiger partial charge >= 0.3 is 5.97 Å². The Morgan fingerprint density at radius 1 is 1.24 bits per heavy atom. The molecule has 0 aromatic carbocycles.